The third-order valence-electron chi connectivity index (χ3n) is 10.9. The lowest BCUT2D eigenvalue weighted by Crippen LogP contribution is -2.51. The van der Waals surface area contributed by atoms with Gasteiger partial charge in [-0.25, -0.2) is 18.0 Å². The number of benzene rings is 2. The largest absolute Gasteiger partial charge is 0.497 e. The molecular formula is C42H52N2O10S2. The number of carbonyl (C=O) groups is 2. The maximum atomic E-state index is 13.9. The molecule has 3 heterocycles. The van der Waals surface area contributed by atoms with Gasteiger partial charge in [0, 0.05) is 23.5 Å². The molecule has 0 bridgehead atoms. The summed E-state index contributed by atoms with van der Waals surface area (Å²) in [6.07, 6.45) is 0.712. The van der Waals surface area contributed by atoms with Crippen LogP contribution in [0.2, 0.25) is 0 Å². The molecule has 0 spiro atoms. The zero-order chi connectivity index (χ0) is 40.4. The Balaban J connectivity index is 1.22. The molecule has 0 unspecified atom stereocenters. The SMILES string of the molecule is COc1ccc(S(=O)(=O)N(CC(C)C)C[C@@H](O)[C@H](Cc2ccc(C#Cc3sc4c(c3C(=O)O)CC(C)(C)CC4)cc2)NC(=O)O[C@H]2CO[C@@]3(C)OCC[C@@H]23)cc1. The van der Waals surface area contributed by atoms with Crippen LogP contribution in [0, 0.1) is 29.1 Å². The van der Waals surface area contributed by atoms with Gasteiger partial charge in [-0.05, 0) is 104 Å². The Hall–Kier alpha value is -3.97. The molecule has 2 aromatic carbocycles. The second-order valence-corrected chi connectivity index (χ2v) is 19.3. The molecule has 0 radical (unpaired) electrons. The highest BCUT2D eigenvalue weighted by Crippen LogP contribution is 2.43. The summed E-state index contributed by atoms with van der Waals surface area (Å²) in [6.45, 7) is 10.4. The van der Waals surface area contributed by atoms with Gasteiger partial charge in [-0.3, -0.25) is 0 Å². The Morgan fingerprint density at radius 1 is 1.05 bits per heavy atom. The van der Waals surface area contributed by atoms with E-state index in [0.29, 0.717) is 41.2 Å². The number of fused-ring (bicyclic) bond motifs is 2. The molecule has 1 aromatic heterocycles. The van der Waals surface area contributed by atoms with Crippen LogP contribution in [0.5, 0.6) is 5.75 Å². The quantitative estimate of drug-likeness (QED) is 0.178. The summed E-state index contributed by atoms with van der Waals surface area (Å²) in [5, 5.41) is 24.7. The van der Waals surface area contributed by atoms with E-state index < -0.39 is 46.1 Å². The molecule has 5 atom stereocenters. The number of aliphatic hydroxyl groups excluding tert-OH is 1. The lowest BCUT2D eigenvalue weighted by Gasteiger charge is -2.31. The highest BCUT2D eigenvalue weighted by Gasteiger charge is 2.53. The Labute approximate surface area is 333 Å². The Morgan fingerprint density at radius 2 is 1.77 bits per heavy atom. The number of aromatic carboxylic acids is 1. The first kappa shape index (κ1) is 41.7. The van der Waals surface area contributed by atoms with Crippen molar-refractivity contribution in [3.05, 3.63) is 80.5 Å². The Kier molecular flexibility index (Phi) is 12.5. The van der Waals surface area contributed by atoms with Crippen LogP contribution >= 0.6 is 11.3 Å². The maximum absolute atomic E-state index is 13.9. The van der Waals surface area contributed by atoms with Crippen LogP contribution in [0.25, 0.3) is 0 Å². The summed E-state index contributed by atoms with van der Waals surface area (Å²) < 4.78 is 51.7. The maximum Gasteiger partial charge on any atom is 0.407 e. The average Bonchev–Trinajstić information content (AvgIpc) is 3.80. The summed E-state index contributed by atoms with van der Waals surface area (Å²) in [7, 11) is -2.55. The number of nitrogens with one attached hydrogen (secondary N) is 1. The summed E-state index contributed by atoms with van der Waals surface area (Å²) in [5.41, 5.74) is 2.63. The van der Waals surface area contributed by atoms with Crippen molar-refractivity contribution in [3.63, 3.8) is 0 Å². The fraction of sp³-hybridized carbons (Fsp3) is 0.524. The standard InChI is InChI=1S/C42H52N2O10S2/c1-26(2)23-44(56(49,50)30-14-12-29(51-6)13-15-30)24-34(45)33(43-40(48)54-35-25-53-42(5)32(35)18-20-52-42)21-28-9-7-27(8-10-28)11-16-37-38(39(46)47)31-22-41(3,4)19-17-36(31)55-37/h7-10,12-15,26,32-35,45H,17-25H2,1-6H3,(H,43,48)(H,46,47)/t32-,33-,34+,35-,42+/m0/s1. The van der Waals surface area contributed by atoms with Crippen LogP contribution in [-0.4, -0.2) is 92.4 Å². The smallest absolute Gasteiger partial charge is 0.407 e. The van der Waals surface area contributed by atoms with Crippen molar-refractivity contribution in [1.29, 1.82) is 0 Å². The average molecular weight is 809 g/mol. The van der Waals surface area contributed by atoms with Crippen LogP contribution in [0.3, 0.4) is 0 Å². The number of sulfonamides is 1. The molecule has 2 fully saturated rings. The van der Waals surface area contributed by atoms with E-state index in [4.69, 9.17) is 18.9 Å². The molecule has 3 aromatic rings. The molecule has 1 aliphatic carbocycles. The van der Waals surface area contributed by atoms with Crippen LogP contribution in [-0.2, 0) is 43.5 Å². The molecular weight excluding hydrogens is 757 g/mol. The first-order valence-electron chi connectivity index (χ1n) is 19.0. The molecule has 1 amide bonds. The number of methoxy groups -OCH3 is 1. The van der Waals surface area contributed by atoms with E-state index in [1.165, 1.54) is 34.9 Å². The van der Waals surface area contributed by atoms with Crippen LogP contribution in [0.4, 0.5) is 4.79 Å². The minimum absolute atomic E-state index is 0.0323. The highest BCUT2D eigenvalue weighted by atomic mass is 32.2. The molecule has 0 saturated carbocycles. The van der Waals surface area contributed by atoms with Gasteiger partial charge < -0.3 is 34.5 Å². The van der Waals surface area contributed by atoms with Gasteiger partial charge in [0.1, 0.15) is 11.9 Å². The third kappa shape index (κ3) is 9.41. The molecule has 12 nitrogen and oxygen atoms in total. The van der Waals surface area contributed by atoms with E-state index in [1.54, 1.807) is 24.3 Å². The van der Waals surface area contributed by atoms with Gasteiger partial charge in [0.25, 0.3) is 0 Å². The number of hydrogen-bond donors (Lipinski definition) is 3. The number of amides is 1. The normalized spacial score (nSPS) is 22.4. The number of carboxylic acid groups (broad SMARTS) is 1. The third-order valence-corrected chi connectivity index (χ3v) is 13.9. The van der Waals surface area contributed by atoms with Gasteiger partial charge in [-0.15, -0.1) is 11.3 Å². The van der Waals surface area contributed by atoms with Gasteiger partial charge in [0.05, 0.1) is 53.7 Å². The Bertz CT molecular complexity index is 2070. The molecule has 2 aliphatic heterocycles. The molecule has 6 rings (SSSR count). The van der Waals surface area contributed by atoms with E-state index in [0.717, 1.165) is 28.8 Å². The molecule has 2 saturated heterocycles. The fourth-order valence-corrected chi connectivity index (χ4v) is 10.6. The van der Waals surface area contributed by atoms with Crippen molar-refractivity contribution in [2.75, 3.05) is 33.4 Å². The molecule has 3 aliphatic rings. The minimum atomic E-state index is -4.04. The van der Waals surface area contributed by atoms with Crippen LogP contribution in [0.15, 0.2) is 53.4 Å². The van der Waals surface area contributed by atoms with Crippen molar-refractivity contribution < 1.29 is 47.2 Å². The van der Waals surface area contributed by atoms with Gasteiger partial charge >= 0.3 is 12.1 Å². The van der Waals surface area contributed by atoms with Crippen molar-refractivity contribution in [2.24, 2.45) is 17.3 Å². The molecule has 302 valence electrons. The van der Waals surface area contributed by atoms with E-state index in [1.807, 2.05) is 32.9 Å². The zero-order valence-electron chi connectivity index (χ0n) is 32.8. The van der Waals surface area contributed by atoms with E-state index in [-0.39, 0.29) is 48.3 Å². The lowest BCUT2D eigenvalue weighted by molar-refractivity contribution is -0.181. The molecule has 14 heteroatoms. The van der Waals surface area contributed by atoms with Crippen LogP contribution < -0.4 is 10.1 Å². The van der Waals surface area contributed by atoms with E-state index >= 15 is 0 Å². The summed E-state index contributed by atoms with van der Waals surface area (Å²) in [4.78, 5) is 27.5. The number of aliphatic hydroxyl groups is 1. The number of hydrogen-bond acceptors (Lipinski definition) is 10. The van der Waals surface area contributed by atoms with E-state index in [9.17, 15) is 28.2 Å². The predicted molar refractivity (Wildman–Crippen MR) is 211 cm³/mol. The van der Waals surface area contributed by atoms with Gasteiger partial charge in [-0.2, -0.15) is 4.31 Å². The number of ether oxygens (including phenoxy) is 4. The predicted octanol–water partition coefficient (Wildman–Crippen LogP) is 5.87. The topological polar surface area (TPSA) is 161 Å². The van der Waals surface area contributed by atoms with Gasteiger partial charge in [0.2, 0.25) is 10.0 Å². The highest BCUT2D eigenvalue weighted by molar-refractivity contribution is 7.89. The number of aryl methyl sites for hydroxylation is 1. The first-order valence-corrected chi connectivity index (χ1v) is 21.3. The summed E-state index contributed by atoms with van der Waals surface area (Å²) in [5.74, 6) is 4.75. The van der Waals surface area contributed by atoms with Crippen molar-refractivity contribution in [3.8, 4) is 17.6 Å². The zero-order valence-corrected chi connectivity index (χ0v) is 34.4. The number of thiophene rings is 1. The second-order valence-electron chi connectivity index (χ2n) is 16.2. The van der Waals surface area contributed by atoms with Gasteiger partial charge in [-0.1, -0.05) is 45.7 Å². The molecule has 56 heavy (non-hydrogen) atoms. The van der Waals surface area contributed by atoms with Crippen LogP contribution in [0.1, 0.15) is 84.3 Å². The van der Waals surface area contributed by atoms with Gasteiger partial charge in [0.15, 0.2) is 5.79 Å². The summed E-state index contributed by atoms with van der Waals surface area (Å²) >= 11 is 1.46. The second kappa shape index (κ2) is 16.9. The van der Waals surface area contributed by atoms with Crippen molar-refractivity contribution in [2.45, 2.75) is 95.7 Å². The van der Waals surface area contributed by atoms with E-state index in [2.05, 4.69) is 31.0 Å². The fourth-order valence-electron chi connectivity index (χ4n) is 7.77. The number of nitrogens with zero attached hydrogens (tertiary/aromatic N) is 1. The molecule has 3 N–H and O–H groups in total. The summed E-state index contributed by atoms with van der Waals surface area (Å²) in [6, 6.07) is 12.4. The minimum Gasteiger partial charge on any atom is -0.497 e. The Morgan fingerprint density at radius 3 is 2.43 bits per heavy atom. The number of alkyl carbamates (subject to hydrolysis) is 1. The number of carboxylic acids is 1. The van der Waals surface area contributed by atoms with Crippen molar-refractivity contribution in [1.82, 2.24) is 9.62 Å². The first-order chi connectivity index (χ1) is 26.5. The van der Waals surface area contributed by atoms with Crippen molar-refractivity contribution >= 4 is 33.4 Å². The monoisotopic (exact) mass is 808 g/mol. The number of carbonyl (C=O) groups excluding carboxylic acids is 1. The lowest BCUT2D eigenvalue weighted by atomic mass is 9.76. The number of rotatable bonds is 13.